The third-order valence-corrected chi connectivity index (χ3v) is 3.57. The summed E-state index contributed by atoms with van der Waals surface area (Å²) in [5.74, 6) is 0. The first kappa shape index (κ1) is 17.9. The van der Waals surface area contributed by atoms with E-state index in [1.807, 2.05) is 0 Å². The van der Waals surface area contributed by atoms with E-state index < -0.39 is 0 Å². The van der Waals surface area contributed by atoms with Crippen molar-refractivity contribution in [2.45, 2.75) is 97.1 Å². The zero-order valence-electron chi connectivity index (χ0n) is 12.9. The van der Waals surface area contributed by atoms with E-state index in [2.05, 4.69) is 26.1 Å². The fraction of sp³-hybridized carbons (Fsp3) is 1.00. The lowest BCUT2D eigenvalue weighted by Gasteiger charge is -2.16. The van der Waals surface area contributed by atoms with Crippen LogP contribution in [0.15, 0.2) is 0 Å². The van der Waals surface area contributed by atoms with E-state index in [1.54, 1.807) is 0 Å². The summed E-state index contributed by atoms with van der Waals surface area (Å²) in [5.41, 5.74) is 0. The monoisotopic (exact) mass is 257 g/mol. The molecule has 2 unspecified atom stereocenters. The Kier molecular flexibility index (Phi) is 13.3. The zero-order chi connectivity index (χ0) is 13.6. The van der Waals surface area contributed by atoms with Gasteiger partial charge < -0.3 is 10.4 Å². The molecule has 0 amide bonds. The Morgan fingerprint density at radius 3 is 2.00 bits per heavy atom. The van der Waals surface area contributed by atoms with Crippen LogP contribution in [0.5, 0.6) is 0 Å². The summed E-state index contributed by atoms with van der Waals surface area (Å²) < 4.78 is 0. The Balaban J connectivity index is 3.22. The standard InChI is InChI=1S/C16H35NO/c1-4-6-7-8-9-10-11-12-13-16(18)14-15(3)17-5-2/h15-18H,4-14H2,1-3H3. The van der Waals surface area contributed by atoms with Gasteiger partial charge in [0.25, 0.3) is 0 Å². The van der Waals surface area contributed by atoms with Crippen LogP contribution in [0.3, 0.4) is 0 Å². The molecule has 0 aliphatic carbocycles. The molecule has 18 heavy (non-hydrogen) atoms. The molecule has 2 heteroatoms. The molecular weight excluding hydrogens is 222 g/mol. The highest BCUT2D eigenvalue weighted by atomic mass is 16.3. The Morgan fingerprint density at radius 2 is 1.44 bits per heavy atom. The van der Waals surface area contributed by atoms with Gasteiger partial charge in [-0.2, -0.15) is 0 Å². The molecule has 0 bridgehead atoms. The SMILES string of the molecule is CCCCCCCCCCC(O)CC(C)NCC. The van der Waals surface area contributed by atoms with Crippen LogP contribution < -0.4 is 5.32 Å². The Morgan fingerprint density at radius 1 is 0.889 bits per heavy atom. The normalized spacial score (nSPS) is 14.7. The van der Waals surface area contributed by atoms with Gasteiger partial charge in [-0.25, -0.2) is 0 Å². The average molecular weight is 257 g/mol. The average Bonchev–Trinajstić information content (AvgIpc) is 2.32. The molecule has 110 valence electrons. The molecule has 0 radical (unpaired) electrons. The highest BCUT2D eigenvalue weighted by Gasteiger charge is 2.08. The van der Waals surface area contributed by atoms with E-state index in [-0.39, 0.29) is 6.10 Å². The Bertz CT molecular complexity index is 161. The predicted octanol–water partition coefficient (Wildman–Crippen LogP) is 4.27. The number of rotatable bonds is 13. The first-order valence-corrected chi connectivity index (χ1v) is 8.12. The Hall–Kier alpha value is -0.0800. The molecule has 2 atom stereocenters. The van der Waals surface area contributed by atoms with Gasteiger partial charge in [0.05, 0.1) is 6.10 Å². The van der Waals surface area contributed by atoms with Crippen LogP contribution >= 0.6 is 0 Å². The molecule has 0 aromatic heterocycles. The van der Waals surface area contributed by atoms with Gasteiger partial charge in [-0.05, 0) is 26.3 Å². The molecule has 0 spiro atoms. The smallest absolute Gasteiger partial charge is 0.0555 e. The minimum absolute atomic E-state index is 0.112. The van der Waals surface area contributed by atoms with Crippen LogP contribution in [0.4, 0.5) is 0 Å². The molecule has 0 rings (SSSR count). The van der Waals surface area contributed by atoms with Crippen LogP contribution in [0.2, 0.25) is 0 Å². The highest BCUT2D eigenvalue weighted by Crippen LogP contribution is 2.12. The summed E-state index contributed by atoms with van der Waals surface area (Å²) in [6, 6.07) is 0.444. The lowest BCUT2D eigenvalue weighted by molar-refractivity contribution is 0.139. The van der Waals surface area contributed by atoms with Gasteiger partial charge in [0.1, 0.15) is 0 Å². The van der Waals surface area contributed by atoms with Crippen molar-refractivity contribution < 1.29 is 5.11 Å². The van der Waals surface area contributed by atoms with E-state index in [0.717, 1.165) is 19.4 Å². The van der Waals surface area contributed by atoms with Crippen molar-refractivity contribution >= 4 is 0 Å². The van der Waals surface area contributed by atoms with Crippen molar-refractivity contribution in [3.05, 3.63) is 0 Å². The number of aliphatic hydroxyl groups excluding tert-OH is 1. The highest BCUT2D eigenvalue weighted by molar-refractivity contribution is 4.66. The van der Waals surface area contributed by atoms with Crippen molar-refractivity contribution in [2.24, 2.45) is 0 Å². The molecule has 0 aliphatic heterocycles. The minimum atomic E-state index is -0.112. The van der Waals surface area contributed by atoms with Gasteiger partial charge in [0.2, 0.25) is 0 Å². The number of unbranched alkanes of at least 4 members (excludes halogenated alkanes) is 7. The Labute approximate surface area is 115 Å². The van der Waals surface area contributed by atoms with E-state index in [4.69, 9.17) is 0 Å². The van der Waals surface area contributed by atoms with Crippen molar-refractivity contribution in [3.8, 4) is 0 Å². The fourth-order valence-electron chi connectivity index (χ4n) is 2.47. The maximum Gasteiger partial charge on any atom is 0.0555 e. The van der Waals surface area contributed by atoms with Crippen LogP contribution in [-0.2, 0) is 0 Å². The molecule has 0 heterocycles. The lowest BCUT2D eigenvalue weighted by atomic mass is 10.0. The van der Waals surface area contributed by atoms with E-state index in [0.29, 0.717) is 6.04 Å². The van der Waals surface area contributed by atoms with Gasteiger partial charge in [-0.1, -0.05) is 65.2 Å². The third kappa shape index (κ3) is 12.4. The zero-order valence-corrected chi connectivity index (χ0v) is 12.9. The summed E-state index contributed by atoms with van der Waals surface area (Å²) in [6.07, 6.45) is 12.5. The second kappa shape index (κ2) is 13.4. The summed E-state index contributed by atoms with van der Waals surface area (Å²) in [4.78, 5) is 0. The summed E-state index contributed by atoms with van der Waals surface area (Å²) >= 11 is 0. The molecule has 0 aliphatic rings. The number of aliphatic hydroxyl groups is 1. The number of hydrogen-bond donors (Lipinski definition) is 2. The van der Waals surface area contributed by atoms with Crippen molar-refractivity contribution in [1.29, 1.82) is 0 Å². The number of hydrogen-bond acceptors (Lipinski definition) is 2. The molecular formula is C16H35NO. The van der Waals surface area contributed by atoms with Crippen molar-refractivity contribution in [3.63, 3.8) is 0 Å². The maximum absolute atomic E-state index is 9.88. The fourth-order valence-corrected chi connectivity index (χ4v) is 2.47. The molecule has 0 fully saturated rings. The first-order valence-electron chi connectivity index (χ1n) is 8.12. The van der Waals surface area contributed by atoms with E-state index >= 15 is 0 Å². The first-order chi connectivity index (χ1) is 8.70. The van der Waals surface area contributed by atoms with Crippen LogP contribution in [0.25, 0.3) is 0 Å². The van der Waals surface area contributed by atoms with E-state index in [9.17, 15) is 5.11 Å². The second-order valence-corrected chi connectivity index (χ2v) is 5.61. The molecule has 0 aromatic carbocycles. The van der Waals surface area contributed by atoms with Gasteiger partial charge >= 0.3 is 0 Å². The quantitative estimate of drug-likeness (QED) is 0.483. The van der Waals surface area contributed by atoms with Crippen molar-refractivity contribution in [1.82, 2.24) is 5.32 Å². The van der Waals surface area contributed by atoms with Crippen LogP contribution in [-0.4, -0.2) is 23.8 Å². The second-order valence-electron chi connectivity index (χ2n) is 5.61. The van der Waals surface area contributed by atoms with Gasteiger partial charge in [0.15, 0.2) is 0 Å². The van der Waals surface area contributed by atoms with Crippen molar-refractivity contribution in [2.75, 3.05) is 6.54 Å². The van der Waals surface area contributed by atoms with Gasteiger partial charge in [-0.3, -0.25) is 0 Å². The van der Waals surface area contributed by atoms with E-state index in [1.165, 1.54) is 51.4 Å². The molecule has 2 nitrogen and oxygen atoms in total. The largest absolute Gasteiger partial charge is 0.393 e. The summed E-state index contributed by atoms with van der Waals surface area (Å²) in [5, 5.41) is 13.2. The van der Waals surface area contributed by atoms with Crippen LogP contribution in [0.1, 0.15) is 85.0 Å². The third-order valence-electron chi connectivity index (χ3n) is 3.57. The van der Waals surface area contributed by atoms with Gasteiger partial charge in [-0.15, -0.1) is 0 Å². The lowest BCUT2D eigenvalue weighted by Crippen LogP contribution is -2.29. The topological polar surface area (TPSA) is 32.3 Å². The molecule has 0 aromatic rings. The maximum atomic E-state index is 9.88. The van der Waals surface area contributed by atoms with Gasteiger partial charge in [0, 0.05) is 6.04 Å². The predicted molar refractivity (Wildman–Crippen MR) is 81.0 cm³/mol. The molecule has 2 N–H and O–H groups in total. The molecule has 0 saturated heterocycles. The number of nitrogens with one attached hydrogen (secondary N) is 1. The van der Waals surface area contributed by atoms with Crippen LogP contribution in [0, 0.1) is 0 Å². The molecule has 0 saturated carbocycles. The minimum Gasteiger partial charge on any atom is -0.393 e. The summed E-state index contributed by atoms with van der Waals surface area (Å²) in [7, 11) is 0. The summed E-state index contributed by atoms with van der Waals surface area (Å²) in [6.45, 7) is 7.52.